The number of aromatic carboxylic acids is 1. The lowest BCUT2D eigenvalue weighted by Crippen LogP contribution is -2.09. The summed E-state index contributed by atoms with van der Waals surface area (Å²) in [6.07, 6.45) is 0. The smallest absolute Gasteiger partial charge is 0.336 e. The molecule has 0 spiro atoms. The number of aryl methyl sites for hydroxylation is 2. The molecule has 0 aliphatic carbocycles. The van der Waals surface area contributed by atoms with Crippen LogP contribution in [0, 0.1) is 13.8 Å². The van der Waals surface area contributed by atoms with Crippen LogP contribution >= 0.6 is 0 Å². The SMILES string of the molecule is CCOc1cccc(C(=O)O)c1COc1ccc(C)cc1C. The van der Waals surface area contributed by atoms with E-state index in [4.69, 9.17) is 9.47 Å². The third-order valence-corrected chi connectivity index (χ3v) is 3.37. The topological polar surface area (TPSA) is 55.8 Å². The van der Waals surface area contributed by atoms with Crippen LogP contribution in [0.5, 0.6) is 11.5 Å². The first kappa shape index (κ1) is 15.9. The molecular weight excluding hydrogens is 280 g/mol. The molecule has 0 aliphatic heterocycles. The summed E-state index contributed by atoms with van der Waals surface area (Å²) in [6.45, 7) is 6.47. The predicted molar refractivity (Wildman–Crippen MR) is 84.8 cm³/mol. The van der Waals surface area contributed by atoms with Crippen molar-refractivity contribution in [3.8, 4) is 11.5 Å². The zero-order chi connectivity index (χ0) is 16.1. The summed E-state index contributed by atoms with van der Waals surface area (Å²) in [5.41, 5.74) is 2.93. The van der Waals surface area contributed by atoms with Crippen molar-refractivity contribution in [3.63, 3.8) is 0 Å². The van der Waals surface area contributed by atoms with Crippen LogP contribution in [0.4, 0.5) is 0 Å². The van der Waals surface area contributed by atoms with Crippen LogP contribution in [0.2, 0.25) is 0 Å². The van der Waals surface area contributed by atoms with Gasteiger partial charge in [-0.1, -0.05) is 23.8 Å². The van der Waals surface area contributed by atoms with Gasteiger partial charge in [-0.25, -0.2) is 4.79 Å². The highest BCUT2D eigenvalue weighted by Crippen LogP contribution is 2.26. The van der Waals surface area contributed by atoms with Gasteiger partial charge < -0.3 is 14.6 Å². The van der Waals surface area contributed by atoms with E-state index in [2.05, 4.69) is 0 Å². The summed E-state index contributed by atoms with van der Waals surface area (Å²) in [5.74, 6) is 0.307. The highest BCUT2D eigenvalue weighted by molar-refractivity contribution is 5.90. The molecule has 0 saturated carbocycles. The zero-order valence-corrected chi connectivity index (χ0v) is 13.1. The maximum Gasteiger partial charge on any atom is 0.336 e. The Morgan fingerprint density at radius 2 is 1.86 bits per heavy atom. The number of hydrogen-bond acceptors (Lipinski definition) is 3. The van der Waals surface area contributed by atoms with Crippen LogP contribution in [-0.4, -0.2) is 17.7 Å². The van der Waals surface area contributed by atoms with Crippen molar-refractivity contribution in [3.05, 3.63) is 58.7 Å². The number of benzene rings is 2. The summed E-state index contributed by atoms with van der Waals surface area (Å²) < 4.78 is 11.3. The number of carboxylic acid groups (broad SMARTS) is 1. The summed E-state index contributed by atoms with van der Waals surface area (Å²) >= 11 is 0. The van der Waals surface area contributed by atoms with E-state index >= 15 is 0 Å². The maximum absolute atomic E-state index is 11.4. The first-order chi connectivity index (χ1) is 10.5. The Bertz CT molecular complexity index is 677. The third-order valence-electron chi connectivity index (χ3n) is 3.37. The fourth-order valence-electron chi connectivity index (χ4n) is 2.32. The minimum absolute atomic E-state index is 0.154. The number of carboxylic acids is 1. The monoisotopic (exact) mass is 300 g/mol. The third kappa shape index (κ3) is 3.58. The van der Waals surface area contributed by atoms with Gasteiger partial charge in [0.05, 0.1) is 12.2 Å². The van der Waals surface area contributed by atoms with Crippen molar-refractivity contribution in [2.75, 3.05) is 6.61 Å². The predicted octanol–water partition coefficient (Wildman–Crippen LogP) is 3.98. The van der Waals surface area contributed by atoms with E-state index in [-0.39, 0.29) is 12.2 Å². The van der Waals surface area contributed by atoms with E-state index in [1.807, 2.05) is 39.0 Å². The second-order valence-electron chi connectivity index (χ2n) is 5.08. The first-order valence-corrected chi connectivity index (χ1v) is 7.21. The lowest BCUT2D eigenvalue weighted by molar-refractivity contribution is 0.0693. The normalized spacial score (nSPS) is 10.3. The van der Waals surface area contributed by atoms with Crippen molar-refractivity contribution in [2.45, 2.75) is 27.4 Å². The van der Waals surface area contributed by atoms with Gasteiger partial charge in [-0.05, 0) is 44.5 Å². The highest BCUT2D eigenvalue weighted by Gasteiger charge is 2.16. The molecule has 4 nitrogen and oxygen atoms in total. The fourth-order valence-corrected chi connectivity index (χ4v) is 2.32. The standard InChI is InChI=1S/C18H20O4/c1-4-21-17-7-5-6-14(18(19)20)15(17)11-22-16-9-8-12(2)10-13(16)3/h5-10H,4,11H2,1-3H3,(H,19,20). The summed E-state index contributed by atoms with van der Waals surface area (Å²) in [4.78, 5) is 11.4. The summed E-state index contributed by atoms with van der Waals surface area (Å²) in [5, 5.41) is 9.34. The van der Waals surface area contributed by atoms with E-state index in [9.17, 15) is 9.90 Å². The Labute approximate surface area is 130 Å². The van der Waals surface area contributed by atoms with E-state index in [1.165, 1.54) is 0 Å². The Morgan fingerprint density at radius 3 is 2.50 bits per heavy atom. The van der Waals surface area contributed by atoms with Crippen molar-refractivity contribution >= 4 is 5.97 Å². The molecule has 22 heavy (non-hydrogen) atoms. The number of hydrogen-bond donors (Lipinski definition) is 1. The van der Waals surface area contributed by atoms with Gasteiger partial charge in [0.1, 0.15) is 18.1 Å². The van der Waals surface area contributed by atoms with Crippen LogP contribution in [0.1, 0.15) is 34.0 Å². The summed E-state index contributed by atoms with van der Waals surface area (Å²) in [7, 11) is 0. The summed E-state index contributed by atoms with van der Waals surface area (Å²) in [6, 6.07) is 10.9. The van der Waals surface area contributed by atoms with Gasteiger partial charge in [0.2, 0.25) is 0 Å². The Balaban J connectivity index is 2.29. The van der Waals surface area contributed by atoms with Gasteiger partial charge in [-0.2, -0.15) is 0 Å². The zero-order valence-electron chi connectivity index (χ0n) is 13.1. The number of rotatable bonds is 6. The molecule has 0 heterocycles. The van der Waals surface area contributed by atoms with E-state index in [0.29, 0.717) is 17.9 Å². The van der Waals surface area contributed by atoms with E-state index in [1.54, 1.807) is 18.2 Å². The molecule has 2 aromatic rings. The fraction of sp³-hybridized carbons (Fsp3) is 0.278. The van der Waals surface area contributed by atoms with E-state index in [0.717, 1.165) is 16.9 Å². The lowest BCUT2D eigenvalue weighted by atomic mass is 10.1. The molecule has 0 bridgehead atoms. The molecule has 0 amide bonds. The minimum atomic E-state index is -0.985. The van der Waals surface area contributed by atoms with Gasteiger partial charge in [-0.3, -0.25) is 0 Å². The van der Waals surface area contributed by atoms with Crippen LogP contribution in [-0.2, 0) is 6.61 Å². The number of carbonyl (C=O) groups is 1. The molecule has 4 heteroatoms. The number of ether oxygens (including phenoxy) is 2. The van der Waals surface area contributed by atoms with Gasteiger partial charge in [0.15, 0.2) is 0 Å². The van der Waals surface area contributed by atoms with E-state index < -0.39 is 5.97 Å². The average molecular weight is 300 g/mol. The van der Waals surface area contributed by atoms with Gasteiger partial charge in [-0.15, -0.1) is 0 Å². The molecule has 116 valence electrons. The van der Waals surface area contributed by atoms with Gasteiger partial charge >= 0.3 is 5.97 Å². The Morgan fingerprint density at radius 1 is 1.09 bits per heavy atom. The molecule has 0 fully saturated rings. The second-order valence-corrected chi connectivity index (χ2v) is 5.08. The molecule has 2 rings (SSSR count). The minimum Gasteiger partial charge on any atom is -0.493 e. The Hall–Kier alpha value is -2.49. The van der Waals surface area contributed by atoms with Crippen molar-refractivity contribution < 1.29 is 19.4 Å². The molecule has 0 aliphatic rings. The lowest BCUT2D eigenvalue weighted by Gasteiger charge is -2.15. The molecule has 0 atom stereocenters. The molecule has 2 aromatic carbocycles. The van der Waals surface area contributed by atoms with Crippen molar-refractivity contribution in [1.82, 2.24) is 0 Å². The van der Waals surface area contributed by atoms with Crippen LogP contribution < -0.4 is 9.47 Å². The largest absolute Gasteiger partial charge is 0.493 e. The molecule has 0 unspecified atom stereocenters. The highest BCUT2D eigenvalue weighted by atomic mass is 16.5. The second kappa shape index (κ2) is 6.98. The maximum atomic E-state index is 11.4. The van der Waals surface area contributed by atoms with Crippen molar-refractivity contribution in [2.24, 2.45) is 0 Å². The van der Waals surface area contributed by atoms with Gasteiger partial charge in [0, 0.05) is 5.56 Å². The van der Waals surface area contributed by atoms with Gasteiger partial charge in [0.25, 0.3) is 0 Å². The van der Waals surface area contributed by atoms with Crippen LogP contribution in [0.15, 0.2) is 36.4 Å². The van der Waals surface area contributed by atoms with Crippen LogP contribution in [0.3, 0.4) is 0 Å². The molecule has 0 aromatic heterocycles. The average Bonchev–Trinajstić information content (AvgIpc) is 2.47. The van der Waals surface area contributed by atoms with Crippen LogP contribution in [0.25, 0.3) is 0 Å². The molecule has 0 saturated heterocycles. The molecule has 1 N–H and O–H groups in total. The molecular formula is C18H20O4. The first-order valence-electron chi connectivity index (χ1n) is 7.21. The quantitative estimate of drug-likeness (QED) is 0.876. The Kier molecular flexibility index (Phi) is 5.04. The molecule has 0 radical (unpaired) electrons. The van der Waals surface area contributed by atoms with Crippen molar-refractivity contribution in [1.29, 1.82) is 0 Å².